The van der Waals surface area contributed by atoms with Crippen LogP contribution in [0, 0.1) is 0 Å². The Balaban J connectivity index is 0.000000235. The molecule has 0 fully saturated rings. The van der Waals surface area contributed by atoms with E-state index in [1.54, 1.807) is 0 Å². The Kier molecular flexibility index (Phi) is 53.3. The van der Waals surface area contributed by atoms with E-state index >= 15 is 0 Å². The molecule has 0 bridgehead atoms. The summed E-state index contributed by atoms with van der Waals surface area (Å²) in [6.45, 7) is 25.6. The van der Waals surface area contributed by atoms with E-state index in [4.69, 9.17) is 171 Å². The van der Waals surface area contributed by atoms with Crippen LogP contribution in [0.3, 0.4) is 0 Å². The summed E-state index contributed by atoms with van der Waals surface area (Å²) >= 11 is 74.9. The van der Waals surface area contributed by atoms with Gasteiger partial charge in [-0.05, 0) is 289 Å². The topological polar surface area (TPSA) is 55.4 Å². The Hall–Kier alpha value is -1.77. The summed E-state index contributed by atoms with van der Waals surface area (Å²) in [5.41, 5.74) is 15.6. The molecule has 12 rings (SSSR count). The summed E-state index contributed by atoms with van der Waals surface area (Å²) in [5, 5.41) is 0. The normalized spacial score (nSPS) is 13.6. The zero-order valence-corrected chi connectivity index (χ0v) is 95.2. The van der Waals surface area contributed by atoms with E-state index < -0.39 is 28.0 Å². The monoisotopic (exact) mass is 2220 g/mol. The molecule has 0 aliphatic carbocycles. The van der Waals surface area contributed by atoms with Crippen molar-refractivity contribution in [2.75, 3.05) is 0 Å². The molecule has 12 aromatic carbocycles. The van der Waals surface area contributed by atoms with E-state index in [1.807, 2.05) is 72.8 Å². The molecular weight excluding hydrogens is 2110 g/mol. The SMILES string of the molecule is CCc1ccc(OP(=S)([S-])Sc2ccc(CC)cc2)cc1.CCc1ccc(OP(=S)([S-])Sc2ccc(CC)cc2)cc1.CCc1ccc(OP(=S)([S-])Sc2ccc(CC)cc2)cc1.CCc1ccc(OP(=S)([S-])Sc2ccc(CC)cc2)cc1.CCc1ccc(OP(=S)([S-])Sc2ccc(CC)cc2)cc1.CCc1ccc(OP(=S)([S-])Sc2ccc(CC)cc2)cc1.[Mo]. The molecule has 0 aliphatic heterocycles. The van der Waals surface area contributed by atoms with Gasteiger partial charge in [-0.15, -0.1) is 0 Å². The van der Waals surface area contributed by atoms with Crippen LogP contribution in [-0.4, -0.2) is 0 Å². The molecule has 6 unspecified atom stereocenters. The van der Waals surface area contributed by atoms with Crippen LogP contribution < -0.4 is 27.1 Å². The Labute approximate surface area is 860 Å². The first kappa shape index (κ1) is 114. The van der Waals surface area contributed by atoms with Crippen LogP contribution in [0.15, 0.2) is 321 Å². The van der Waals surface area contributed by atoms with Gasteiger partial charge >= 0.3 is 0 Å². The number of benzene rings is 12. The van der Waals surface area contributed by atoms with E-state index in [0.717, 1.165) is 141 Å². The first-order valence-corrected chi connectivity index (χ1v) is 72.3. The average Bonchev–Trinajstić information content (AvgIpc) is 0.871. The molecule has 0 aromatic heterocycles. The molecule has 0 N–H and O–H groups in total. The molecule has 12 aromatic rings. The molecule has 0 saturated heterocycles. The summed E-state index contributed by atoms with van der Waals surface area (Å²) in [6, 6.07) is 98.3. The first-order chi connectivity index (χ1) is 60.1. The summed E-state index contributed by atoms with van der Waals surface area (Å²) < 4.78 is 21.1. The standard InChI is InChI=1S/6C16H19OPS3.Mo/c6*1-3-13-5-9-15(10-6-13)17-18(19,20)21-16-11-7-14(4-2)8-12-16;/h6*5-12H,3-4H2,1-2H3,(H,19,20);/p-6. The molecule has 0 heterocycles. The zero-order chi connectivity index (χ0) is 91.8. The summed E-state index contributed by atoms with van der Waals surface area (Å²) in [7, 11) is 0. The molecular formula is C96H108MoO6P6S18-6. The number of rotatable bonds is 36. The van der Waals surface area contributed by atoms with E-state index in [9.17, 15) is 0 Å². The number of aryl methyl sites for hydroxylation is 12. The van der Waals surface area contributed by atoms with Gasteiger partial charge in [0.05, 0.1) is 0 Å². The maximum atomic E-state index is 5.87. The van der Waals surface area contributed by atoms with Gasteiger partial charge in [0.25, 0.3) is 0 Å². The fourth-order valence-corrected chi connectivity index (χ4v) is 38.1. The maximum Gasteiger partial charge on any atom is 0.122 e. The quantitative estimate of drug-likeness (QED) is 0.0213. The molecule has 127 heavy (non-hydrogen) atoms. The van der Waals surface area contributed by atoms with E-state index in [0.29, 0.717) is 0 Å². The Morgan fingerprint density at radius 1 is 0.165 bits per heavy atom. The number of hydrogen-bond acceptors (Lipinski definition) is 24. The molecule has 6 nitrogen and oxygen atoms in total. The molecule has 0 saturated carbocycles. The van der Waals surface area contributed by atoms with Gasteiger partial charge in [-0.2, -0.15) is 0 Å². The largest absolute Gasteiger partial charge is 0.696 e. The first-order valence-electron chi connectivity index (χ1n) is 41.4. The van der Waals surface area contributed by atoms with Gasteiger partial charge in [0.2, 0.25) is 0 Å². The van der Waals surface area contributed by atoms with Crippen LogP contribution >= 0.6 is 96.3 Å². The van der Waals surface area contributed by atoms with Gasteiger partial charge in [-0.3, -0.25) is 0 Å². The molecule has 0 amide bonds. The van der Waals surface area contributed by atoms with Gasteiger partial charge < -0.3 is 101 Å². The summed E-state index contributed by atoms with van der Waals surface area (Å²) in [5.74, 6) is 4.60. The number of hydrogen-bond donors (Lipinski definition) is 0. The molecule has 31 heteroatoms. The third kappa shape index (κ3) is 45.4. The van der Waals surface area contributed by atoms with Gasteiger partial charge in [0.1, 0.15) is 34.5 Å². The van der Waals surface area contributed by atoms with Gasteiger partial charge in [0, 0.05) is 78.4 Å². The predicted octanol–water partition coefficient (Wildman–Crippen LogP) is 34.5. The summed E-state index contributed by atoms with van der Waals surface area (Å²) in [4.78, 5) is 6.48. The minimum atomic E-state index is -2.35. The van der Waals surface area contributed by atoms with E-state index in [1.165, 1.54) is 135 Å². The Morgan fingerprint density at radius 3 is 0.323 bits per heavy atom. The van der Waals surface area contributed by atoms with Crippen molar-refractivity contribution in [3.8, 4) is 34.5 Å². The van der Waals surface area contributed by atoms with Crippen molar-refractivity contribution in [3.63, 3.8) is 0 Å². The maximum absolute atomic E-state index is 5.87. The van der Waals surface area contributed by atoms with Crippen molar-refractivity contribution in [1.82, 2.24) is 0 Å². The van der Waals surface area contributed by atoms with Crippen LogP contribution in [-0.2, 0) is 242 Å². The minimum Gasteiger partial charge on any atom is -0.696 e. The van der Waals surface area contributed by atoms with E-state index in [-0.39, 0.29) is 21.1 Å². The van der Waals surface area contributed by atoms with Crippen LogP contribution in [0.2, 0.25) is 0 Å². The smallest absolute Gasteiger partial charge is 0.122 e. The summed E-state index contributed by atoms with van der Waals surface area (Å²) in [6.07, 6.45) is 12.3. The fourth-order valence-electron chi connectivity index (χ4n) is 11.1. The van der Waals surface area contributed by atoms with Crippen LogP contribution in [0.4, 0.5) is 0 Å². The van der Waals surface area contributed by atoms with Crippen molar-refractivity contribution in [1.29, 1.82) is 0 Å². The van der Waals surface area contributed by atoms with Crippen molar-refractivity contribution >= 4 is 241 Å². The van der Waals surface area contributed by atoms with Crippen molar-refractivity contribution in [2.24, 2.45) is 0 Å². The average molecular weight is 2220 g/mol. The second-order valence-electron chi connectivity index (χ2n) is 27.7. The molecule has 678 valence electrons. The van der Waals surface area contributed by atoms with Gasteiger partial charge in [0.15, 0.2) is 0 Å². The second-order valence-corrected chi connectivity index (χ2v) is 81.7. The zero-order valence-electron chi connectivity index (χ0n) is 73.1. The predicted molar refractivity (Wildman–Crippen MR) is 599 cm³/mol. The molecule has 0 spiro atoms. The van der Waals surface area contributed by atoms with Crippen LogP contribution in [0.5, 0.6) is 34.5 Å². The van der Waals surface area contributed by atoms with E-state index in [2.05, 4.69) is 301 Å². The molecule has 6 atom stereocenters. The molecule has 0 radical (unpaired) electrons. The van der Waals surface area contributed by atoms with Gasteiger partial charge in [-0.1, -0.05) is 368 Å². The molecule has 0 aliphatic rings. The Bertz CT molecular complexity index is 4320. The van der Waals surface area contributed by atoms with Crippen molar-refractivity contribution in [2.45, 2.75) is 190 Å². The van der Waals surface area contributed by atoms with Crippen molar-refractivity contribution < 1.29 is 48.2 Å². The van der Waals surface area contributed by atoms with Gasteiger partial charge in [-0.25, -0.2) is 0 Å². The third-order valence-electron chi connectivity index (χ3n) is 18.6. The fraction of sp³-hybridized carbons (Fsp3) is 0.250. The van der Waals surface area contributed by atoms with Crippen LogP contribution in [0.25, 0.3) is 0 Å². The van der Waals surface area contributed by atoms with Crippen LogP contribution in [0.1, 0.15) is 150 Å². The van der Waals surface area contributed by atoms with Crippen molar-refractivity contribution in [3.05, 3.63) is 358 Å². The minimum absolute atomic E-state index is 0. The third-order valence-corrected chi connectivity index (χ3v) is 45.3. The Morgan fingerprint density at radius 2 is 0.244 bits per heavy atom. The second kappa shape index (κ2) is 59.4.